The SMILES string of the molecule is COc1cc(NC(=O)CCNS(=O)(=O)c2ccc(Br)cc2)c(OC)cc1Cl. The van der Waals surface area contributed by atoms with Crippen LogP contribution in [0.25, 0.3) is 0 Å². The number of halogens is 2. The first-order chi connectivity index (χ1) is 12.8. The lowest BCUT2D eigenvalue weighted by molar-refractivity contribution is -0.116. The molecule has 7 nitrogen and oxygen atoms in total. The molecule has 0 heterocycles. The van der Waals surface area contributed by atoms with Gasteiger partial charge in [-0.1, -0.05) is 27.5 Å². The van der Waals surface area contributed by atoms with Gasteiger partial charge in [0, 0.05) is 29.6 Å². The summed E-state index contributed by atoms with van der Waals surface area (Å²) in [5, 5.41) is 3.00. The lowest BCUT2D eigenvalue weighted by atomic mass is 10.2. The first-order valence-electron chi connectivity index (χ1n) is 7.73. The molecule has 146 valence electrons. The molecule has 0 atom stereocenters. The van der Waals surface area contributed by atoms with Crippen LogP contribution in [-0.2, 0) is 14.8 Å². The summed E-state index contributed by atoms with van der Waals surface area (Å²) in [5.74, 6) is 0.351. The number of methoxy groups -OCH3 is 2. The Bertz CT molecular complexity index is 920. The van der Waals surface area contributed by atoms with Gasteiger partial charge in [-0.2, -0.15) is 0 Å². The molecule has 2 N–H and O–H groups in total. The van der Waals surface area contributed by atoms with Gasteiger partial charge in [0.05, 0.1) is 29.8 Å². The van der Waals surface area contributed by atoms with E-state index in [9.17, 15) is 13.2 Å². The average Bonchev–Trinajstić information content (AvgIpc) is 2.63. The summed E-state index contributed by atoms with van der Waals surface area (Å²) in [7, 11) is -0.789. The fourth-order valence-electron chi connectivity index (χ4n) is 2.17. The van der Waals surface area contributed by atoms with Gasteiger partial charge in [-0.05, 0) is 24.3 Å². The van der Waals surface area contributed by atoms with E-state index in [4.69, 9.17) is 21.1 Å². The number of carbonyl (C=O) groups excluding carboxylic acids is 1. The third kappa shape index (κ3) is 5.83. The van der Waals surface area contributed by atoms with Crippen LogP contribution in [0.3, 0.4) is 0 Å². The summed E-state index contributed by atoms with van der Waals surface area (Å²) in [6.07, 6.45) is -0.0656. The predicted molar refractivity (Wildman–Crippen MR) is 107 cm³/mol. The fraction of sp³-hybridized carbons (Fsp3) is 0.235. The van der Waals surface area contributed by atoms with Crippen molar-refractivity contribution in [3.05, 3.63) is 45.9 Å². The van der Waals surface area contributed by atoms with Gasteiger partial charge in [-0.3, -0.25) is 4.79 Å². The molecule has 1 amide bonds. The first kappa shape index (κ1) is 21.5. The third-order valence-corrected chi connectivity index (χ3v) is 5.82. The number of amides is 1. The molecule has 2 aromatic carbocycles. The molecule has 10 heteroatoms. The number of hydrogen-bond donors (Lipinski definition) is 2. The molecule has 27 heavy (non-hydrogen) atoms. The molecule has 0 bridgehead atoms. The highest BCUT2D eigenvalue weighted by molar-refractivity contribution is 9.10. The van der Waals surface area contributed by atoms with Crippen LogP contribution in [-0.4, -0.2) is 35.1 Å². The molecule has 2 rings (SSSR count). The second-order valence-corrected chi connectivity index (χ2v) is 8.43. The molecular formula is C17H18BrClN2O5S. The van der Waals surface area contributed by atoms with Gasteiger partial charge in [-0.25, -0.2) is 13.1 Å². The number of hydrogen-bond acceptors (Lipinski definition) is 5. The Morgan fingerprint density at radius 3 is 2.33 bits per heavy atom. The Balaban J connectivity index is 1.97. The molecule has 0 saturated heterocycles. The van der Waals surface area contributed by atoms with E-state index >= 15 is 0 Å². The van der Waals surface area contributed by atoms with Crippen molar-refractivity contribution in [2.24, 2.45) is 0 Å². The molecule has 0 saturated carbocycles. The average molecular weight is 478 g/mol. The molecule has 0 radical (unpaired) electrons. The van der Waals surface area contributed by atoms with E-state index in [1.165, 1.54) is 38.5 Å². The Morgan fingerprint density at radius 1 is 1.11 bits per heavy atom. The van der Waals surface area contributed by atoms with Crippen LogP contribution in [0.5, 0.6) is 11.5 Å². The largest absolute Gasteiger partial charge is 0.495 e. The van der Waals surface area contributed by atoms with Crippen molar-refractivity contribution >= 4 is 49.1 Å². The maximum Gasteiger partial charge on any atom is 0.240 e. The molecule has 2 aromatic rings. The van der Waals surface area contributed by atoms with Crippen LogP contribution >= 0.6 is 27.5 Å². The zero-order valence-electron chi connectivity index (χ0n) is 14.6. The van der Waals surface area contributed by atoms with Crippen LogP contribution in [0.2, 0.25) is 5.02 Å². The van der Waals surface area contributed by atoms with Gasteiger partial charge in [0.15, 0.2) is 0 Å². The monoisotopic (exact) mass is 476 g/mol. The van der Waals surface area contributed by atoms with Gasteiger partial charge in [0.1, 0.15) is 11.5 Å². The summed E-state index contributed by atoms with van der Waals surface area (Å²) in [4.78, 5) is 12.3. The number of carbonyl (C=O) groups is 1. The summed E-state index contributed by atoms with van der Waals surface area (Å²) >= 11 is 9.27. The maximum atomic E-state index is 12.2. The molecule has 0 unspecified atom stereocenters. The van der Waals surface area contributed by atoms with E-state index in [1.807, 2.05) is 0 Å². The van der Waals surface area contributed by atoms with E-state index in [2.05, 4.69) is 26.0 Å². The van der Waals surface area contributed by atoms with Crippen molar-refractivity contribution in [2.75, 3.05) is 26.1 Å². The number of rotatable bonds is 8. The zero-order valence-corrected chi connectivity index (χ0v) is 17.7. The Morgan fingerprint density at radius 2 is 1.74 bits per heavy atom. The van der Waals surface area contributed by atoms with Crippen LogP contribution < -0.4 is 19.5 Å². The maximum absolute atomic E-state index is 12.2. The molecule has 0 spiro atoms. The van der Waals surface area contributed by atoms with Crippen molar-refractivity contribution in [2.45, 2.75) is 11.3 Å². The van der Waals surface area contributed by atoms with Crippen LogP contribution in [0.1, 0.15) is 6.42 Å². The molecule has 0 fully saturated rings. The summed E-state index contributed by atoms with van der Waals surface area (Å²) in [6, 6.07) is 9.24. The second-order valence-electron chi connectivity index (χ2n) is 5.34. The Labute approximate surface area is 171 Å². The predicted octanol–water partition coefficient (Wildman–Crippen LogP) is 3.43. The van der Waals surface area contributed by atoms with Crippen molar-refractivity contribution < 1.29 is 22.7 Å². The van der Waals surface area contributed by atoms with E-state index in [-0.39, 0.29) is 17.9 Å². The van der Waals surface area contributed by atoms with Crippen LogP contribution in [0.15, 0.2) is 45.8 Å². The highest BCUT2D eigenvalue weighted by Gasteiger charge is 2.16. The summed E-state index contributed by atoms with van der Waals surface area (Å²) < 4.78 is 37.9. The molecule has 0 aliphatic carbocycles. The smallest absolute Gasteiger partial charge is 0.240 e. The topological polar surface area (TPSA) is 93.7 Å². The standard InChI is InChI=1S/C17H18BrClN2O5S/c1-25-15-10-14(16(26-2)9-13(15)19)21-17(22)7-8-20-27(23,24)12-5-3-11(18)4-6-12/h3-6,9-10,20H,7-8H2,1-2H3,(H,21,22). The van der Waals surface area contributed by atoms with Crippen molar-refractivity contribution in [3.63, 3.8) is 0 Å². The normalized spacial score (nSPS) is 11.1. The molecular weight excluding hydrogens is 460 g/mol. The minimum Gasteiger partial charge on any atom is -0.495 e. The minimum atomic E-state index is -3.69. The third-order valence-electron chi connectivity index (χ3n) is 3.52. The quantitative estimate of drug-likeness (QED) is 0.607. The first-order valence-corrected chi connectivity index (χ1v) is 10.4. The van der Waals surface area contributed by atoms with E-state index in [1.54, 1.807) is 12.1 Å². The zero-order chi connectivity index (χ0) is 20.0. The Kier molecular flexibility index (Phi) is 7.49. The number of nitrogens with one attached hydrogen (secondary N) is 2. The molecule has 0 aliphatic heterocycles. The summed E-state index contributed by atoms with van der Waals surface area (Å²) in [5.41, 5.74) is 0.375. The van der Waals surface area contributed by atoms with Gasteiger partial charge >= 0.3 is 0 Å². The molecule has 0 aromatic heterocycles. The second kappa shape index (κ2) is 9.41. The number of ether oxygens (including phenoxy) is 2. The summed E-state index contributed by atoms with van der Waals surface area (Å²) in [6.45, 7) is -0.0583. The fourth-order valence-corrected chi connectivity index (χ4v) is 3.69. The number of sulfonamides is 1. The number of anilines is 1. The van der Waals surface area contributed by atoms with Crippen LogP contribution in [0, 0.1) is 0 Å². The van der Waals surface area contributed by atoms with Crippen molar-refractivity contribution in [1.29, 1.82) is 0 Å². The van der Waals surface area contributed by atoms with Gasteiger partial charge < -0.3 is 14.8 Å². The van der Waals surface area contributed by atoms with Gasteiger partial charge in [0.25, 0.3) is 0 Å². The highest BCUT2D eigenvalue weighted by Crippen LogP contribution is 2.35. The van der Waals surface area contributed by atoms with Crippen LogP contribution in [0.4, 0.5) is 5.69 Å². The van der Waals surface area contributed by atoms with E-state index < -0.39 is 15.9 Å². The Hall–Kier alpha value is -1.81. The van der Waals surface area contributed by atoms with E-state index in [0.29, 0.717) is 22.2 Å². The molecule has 0 aliphatic rings. The van der Waals surface area contributed by atoms with Crippen molar-refractivity contribution in [1.82, 2.24) is 4.72 Å². The number of benzene rings is 2. The van der Waals surface area contributed by atoms with Gasteiger partial charge in [-0.15, -0.1) is 0 Å². The minimum absolute atomic E-state index is 0.0583. The lowest BCUT2D eigenvalue weighted by Crippen LogP contribution is -2.27. The lowest BCUT2D eigenvalue weighted by Gasteiger charge is -2.13. The van der Waals surface area contributed by atoms with Crippen molar-refractivity contribution in [3.8, 4) is 11.5 Å². The van der Waals surface area contributed by atoms with E-state index in [0.717, 1.165) is 4.47 Å². The highest BCUT2D eigenvalue weighted by atomic mass is 79.9. The van der Waals surface area contributed by atoms with Gasteiger partial charge in [0.2, 0.25) is 15.9 Å².